The van der Waals surface area contributed by atoms with Gasteiger partial charge in [0.2, 0.25) is 0 Å². The summed E-state index contributed by atoms with van der Waals surface area (Å²) >= 11 is 0. The van der Waals surface area contributed by atoms with Gasteiger partial charge in [-0.2, -0.15) is 0 Å². The summed E-state index contributed by atoms with van der Waals surface area (Å²) in [5, 5.41) is 9.37. The number of furan rings is 2. The molecule has 0 amide bonds. The van der Waals surface area contributed by atoms with Crippen molar-refractivity contribution in [3.05, 3.63) is 60.1 Å². The summed E-state index contributed by atoms with van der Waals surface area (Å²) in [5.41, 5.74) is 1.81. The lowest BCUT2D eigenvalue weighted by Crippen LogP contribution is -2.41. The summed E-state index contributed by atoms with van der Waals surface area (Å²) in [6.45, 7) is 25.1. The molecule has 0 unspecified atom stereocenters. The molecule has 0 aliphatic heterocycles. The Hall–Kier alpha value is -2.96. The molecule has 4 aromatic rings. The van der Waals surface area contributed by atoms with E-state index in [0.29, 0.717) is 13.2 Å². The van der Waals surface area contributed by atoms with Crippen LogP contribution in [0.4, 0.5) is 0 Å². The highest BCUT2D eigenvalue weighted by molar-refractivity contribution is 5.80. The molecule has 0 fully saturated rings. The molecule has 0 aliphatic carbocycles. The van der Waals surface area contributed by atoms with Crippen LogP contribution in [0, 0.1) is 0 Å². The molecule has 6 heteroatoms. The second-order valence-electron chi connectivity index (χ2n) is 15.3. The summed E-state index contributed by atoms with van der Waals surface area (Å²) < 4.78 is 24.4. The Morgan fingerprint density at radius 2 is 1.16 bits per heavy atom. The number of nitrogens with one attached hydrogen (secondary N) is 2. The third-order valence-electron chi connectivity index (χ3n) is 7.98. The Bertz CT molecular complexity index is 1480. The Labute approximate surface area is 258 Å². The van der Waals surface area contributed by atoms with Crippen LogP contribution in [0.15, 0.2) is 57.4 Å². The van der Waals surface area contributed by atoms with E-state index in [4.69, 9.17) is 18.3 Å². The molecule has 2 aromatic carbocycles. The van der Waals surface area contributed by atoms with Crippen molar-refractivity contribution < 1.29 is 18.3 Å². The van der Waals surface area contributed by atoms with Gasteiger partial charge >= 0.3 is 0 Å². The zero-order chi connectivity index (χ0) is 31.5. The number of fused-ring (bicyclic) bond motifs is 2. The van der Waals surface area contributed by atoms with Crippen molar-refractivity contribution in [1.29, 1.82) is 0 Å². The van der Waals surface area contributed by atoms with Crippen LogP contribution in [0.3, 0.4) is 0 Å². The van der Waals surface area contributed by atoms with E-state index in [-0.39, 0.29) is 21.9 Å². The first kappa shape index (κ1) is 32.9. The molecule has 0 atom stereocenters. The summed E-state index contributed by atoms with van der Waals surface area (Å²) in [5.74, 6) is 3.77. The molecule has 2 N–H and O–H groups in total. The van der Waals surface area contributed by atoms with Crippen LogP contribution >= 0.6 is 0 Å². The molecule has 2 aromatic heterocycles. The molecular formula is C37H54N2O4. The predicted octanol–water partition coefficient (Wildman–Crippen LogP) is 9.14. The summed E-state index contributed by atoms with van der Waals surface area (Å²) in [6, 6.07) is 16.5. The number of rotatable bonds is 14. The first-order valence-electron chi connectivity index (χ1n) is 15.8. The molecule has 0 saturated heterocycles. The van der Waals surface area contributed by atoms with Crippen LogP contribution in [0.25, 0.3) is 21.9 Å². The quantitative estimate of drug-likeness (QED) is 0.143. The lowest BCUT2D eigenvalue weighted by atomic mass is 9.81. The highest BCUT2D eigenvalue weighted by atomic mass is 16.5. The van der Waals surface area contributed by atoms with E-state index in [9.17, 15) is 0 Å². The van der Waals surface area contributed by atoms with Crippen LogP contribution in [0.2, 0.25) is 0 Å². The highest BCUT2D eigenvalue weighted by Crippen LogP contribution is 2.36. The SMILES string of the molecule is CC(C)(C)NCCOc1ccc2oc(C(C)(C)CCC(C)(C)NCCCOc3ccc4oc(C(C)(C)C)cc4c3)cc2c1. The van der Waals surface area contributed by atoms with Crippen molar-refractivity contribution in [2.75, 3.05) is 26.3 Å². The fraction of sp³-hybridized carbons (Fsp3) is 0.568. The lowest BCUT2D eigenvalue weighted by molar-refractivity contribution is 0.271. The topological polar surface area (TPSA) is 68.8 Å². The summed E-state index contributed by atoms with van der Waals surface area (Å²) in [7, 11) is 0. The van der Waals surface area contributed by atoms with Gasteiger partial charge in [-0.05, 0) is 109 Å². The van der Waals surface area contributed by atoms with Gasteiger partial charge in [-0.3, -0.25) is 0 Å². The van der Waals surface area contributed by atoms with Gasteiger partial charge in [0, 0.05) is 39.2 Å². The molecule has 0 aliphatic rings. The standard InChI is InChI=1S/C37H54N2O4/c1-34(2,3)32-24-26-22-28(12-14-30(26)42-32)40-20-11-18-39-37(9,10)17-16-36(7,8)33-25-27-23-29(13-15-31(27)43-33)41-21-19-38-35(4,5)6/h12-15,22-25,38-39H,11,16-21H2,1-10H3. The molecule has 2 heterocycles. The Morgan fingerprint density at radius 1 is 0.605 bits per heavy atom. The average Bonchev–Trinajstić information content (AvgIpc) is 3.54. The van der Waals surface area contributed by atoms with Crippen LogP contribution in [-0.2, 0) is 10.8 Å². The van der Waals surface area contributed by atoms with Gasteiger partial charge in [0.15, 0.2) is 0 Å². The van der Waals surface area contributed by atoms with Gasteiger partial charge in [0.1, 0.15) is 40.8 Å². The number of benzene rings is 2. The van der Waals surface area contributed by atoms with E-state index in [1.54, 1.807) is 0 Å². The zero-order valence-electron chi connectivity index (χ0n) is 28.2. The number of hydrogen-bond donors (Lipinski definition) is 2. The molecule has 43 heavy (non-hydrogen) atoms. The smallest absolute Gasteiger partial charge is 0.134 e. The third-order valence-corrected chi connectivity index (χ3v) is 7.98. The summed E-state index contributed by atoms with van der Waals surface area (Å²) in [6.07, 6.45) is 2.97. The van der Waals surface area contributed by atoms with Crippen LogP contribution in [0.5, 0.6) is 11.5 Å². The summed E-state index contributed by atoms with van der Waals surface area (Å²) in [4.78, 5) is 0. The number of hydrogen-bond acceptors (Lipinski definition) is 6. The van der Waals surface area contributed by atoms with E-state index in [0.717, 1.165) is 77.3 Å². The molecule has 0 spiro atoms. The van der Waals surface area contributed by atoms with Crippen LogP contribution in [-0.4, -0.2) is 37.4 Å². The second kappa shape index (κ2) is 13.0. The maximum atomic E-state index is 6.31. The van der Waals surface area contributed by atoms with Crippen molar-refractivity contribution in [3.63, 3.8) is 0 Å². The van der Waals surface area contributed by atoms with Crippen LogP contribution in [0.1, 0.15) is 100 Å². The minimum Gasteiger partial charge on any atom is -0.494 e. The first-order valence-corrected chi connectivity index (χ1v) is 15.8. The van der Waals surface area contributed by atoms with E-state index < -0.39 is 0 Å². The maximum absolute atomic E-state index is 6.31. The Morgan fingerprint density at radius 3 is 1.74 bits per heavy atom. The second-order valence-corrected chi connectivity index (χ2v) is 15.3. The maximum Gasteiger partial charge on any atom is 0.134 e. The molecule has 4 rings (SSSR count). The van der Waals surface area contributed by atoms with Gasteiger partial charge in [-0.1, -0.05) is 34.6 Å². The molecule has 6 nitrogen and oxygen atoms in total. The van der Waals surface area contributed by atoms with E-state index >= 15 is 0 Å². The van der Waals surface area contributed by atoms with E-state index in [1.165, 1.54) is 0 Å². The van der Waals surface area contributed by atoms with E-state index in [2.05, 4.69) is 104 Å². The Kier molecular flexibility index (Phi) is 9.92. The average molecular weight is 591 g/mol. The number of ether oxygens (including phenoxy) is 2. The van der Waals surface area contributed by atoms with E-state index in [1.807, 2.05) is 24.3 Å². The van der Waals surface area contributed by atoms with Crippen molar-refractivity contribution in [2.45, 2.75) is 110 Å². The third kappa shape index (κ3) is 9.51. The minimum absolute atomic E-state index is 0.00441. The molecule has 0 bridgehead atoms. The van der Waals surface area contributed by atoms with Crippen molar-refractivity contribution in [1.82, 2.24) is 10.6 Å². The molecule has 0 radical (unpaired) electrons. The largest absolute Gasteiger partial charge is 0.494 e. The molecule has 236 valence electrons. The van der Waals surface area contributed by atoms with Crippen molar-refractivity contribution >= 4 is 21.9 Å². The van der Waals surface area contributed by atoms with Crippen LogP contribution < -0.4 is 20.1 Å². The van der Waals surface area contributed by atoms with Gasteiger partial charge in [-0.25, -0.2) is 0 Å². The highest BCUT2D eigenvalue weighted by Gasteiger charge is 2.28. The lowest BCUT2D eigenvalue weighted by Gasteiger charge is -2.31. The molecule has 0 saturated carbocycles. The minimum atomic E-state index is -0.0860. The predicted molar refractivity (Wildman–Crippen MR) is 179 cm³/mol. The monoisotopic (exact) mass is 590 g/mol. The van der Waals surface area contributed by atoms with Gasteiger partial charge in [0.05, 0.1) is 6.61 Å². The van der Waals surface area contributed by atoms with Gasteiger partial charge < -0.3 is 28.9 Å². The fourth-order valence-corrected chi connectivity index (χ4v) is 5.05. The van der Waals surface area contributed by atoms with Gasteiger partial charge in [-0.15, -0.1) is 0 Å². The first-order chi connectivity index (χ1) is 20.0. The van der Waals surface area contributed by atoms with Crippen molar-refractivity contribution in [3.8, 4) is 11.5 Å². The fourth-order valence-electron chi connectivity index (χ4n) is 5.05. The molecular weight excluding hydrogens is 536 g/mol. The Balaban J connectivity index is 1.22. The van der Waals surface area contributed by atoms with Crippen molar-refractivity contribution in [2.24, 2.45) is 0 Å². The zero-order valence-corrected chi connectivity index (χ0v) is 28.2. The van der Waals surface area contributed by atoms with Gasteiger partial charge in [0.25, 0.3) is 0 Å². The normalized spacial score (nSPS) is 13.3.